The van der Waals surface area contributed by atoms with E-state index >= 15 is 0 Å². The summed E-state index contributed by atoms with van der Waals surface area (Å²) in [6.45, 7) is 8.66. The fourth-order valence-electron chi connectivity index (χ4n) is 1.91. The normalized spacial score (nSPS) is 19.6. The Kier molecular flexibility index (Phi) is 5.40. The number of hydrogen-bond donors (Lipinski definition) is 0. The van der Waals surface area contributed by atoms with Crippen molar-refractivity contribution in [1.82, 2.24) is 9.80 Å². The fourth-order valence-corrected chi connectivity index (χ4v) is 1.91. The standard InChI is InChI=1S/C11H24N2/c1-3-12(2)8-7-11-13-9-5-4-6-10-13/h3-11H2,1-2H3. The summed E-state index contributed by atoms with van der Waals surface area (Å²) in [5.74, 6) is 0. The van der Waals surface area contributed by atoms with Gasteiger partial charge in [-0.05, 0) is 59.0 Å². The predicted octanol–water partition coefficient (Wildman–Crippen LogP) is 1.81. The van der Waals surface area contributed by atoms with Crippen molar-refractivity contribution in [2.24, 2.45) is 0 Å². The Morgan fingerprint density at radius 1 is 1.15 bits per heavy atom. The highest BCUT2D eigenvalue weighted by atomic mass is 15.1. The topological polar surface area (TPSA) is 6.48 Å². The van der Waals surface area contributed by atoms with Gasteiger partial charge in [-0.3, -0.25) is 0 Å². The van der Waals surface area contributed by atoms with Crippen LogP contribution in [0.25, 0.3) is 0 Å². The van der Waals surface area contributed by atoms with Crippen molar-refractivity contribution in [3.8, 4) is 0 Å². The Balaban J connectivity index is 1.98. The van der Waals surface area contributed by atoms with E-state index in [1.165, 1.54) is 58.4 Å². The van der Waals surface area contributed by atoms with Crippen molar-refractivity contribution in [3.05, 3.63) is 0 Å². The van der Waals surface area contributed by atoms with Crippen molar-refractivity contribution < 1.29 is 0 Å². The Hall–Kier alpha value is -0.0800. The smallest absolute Gasteiger partial charge is 0.000655 e. The molecule has 1 aliphatic heterocycles. The zero-order chi connectivity index (χ0) is 9.52. The third kappa shape index (κ3) is 4.63. The molecule has 0 aliphatic carbocycles. The molecule has 2 nitrogen and oxygen atoms in total. The van der Waals surface area contributed by atoms with Crippen LogP contribution in [0.2, 0.25) is 0 Å². The summed E-state index contributed by atoms with van der Waals surface area (Å²) in [7, 11) is 2.20. The van der Waals surface area contributed by atoms with E-state index in [2.05, 4.69) is 23.8 Å². The monoisotopic (exact) mass is 184 g/mol. The van der Waals surface area contributed by atoms with Gasteiger partial charge in [0.25, 0.3) is 0 Å². The summed E-state index contributed by atoms with van der Waals surface area (Å²) in [4.78, 5) is 5.01. The first-order valence-electron chi connectivity index (χ1n) is 5.74. The highest BCUT2D eigenvalue weighted by Crippen LogP contribution is 2.08. The zero-order valence-electron chi connectivity index (χ0n) is 9.26. The minimum Gasteiger partial charge on any atom is -0.307 e. The number of likely N-dealkylation sites (tertiary alicyclic amines) is 1. The highest BCUT2D eigenvalue weighted by molar-refractivity contribution is 4.64. The second-order valence-corrected chi connectivity index (χ2v) is 4.15. The molecule has 0 N–H and O–H groups in total. The van der Waals surface area contributed by atoms with E-state index in [1.54, 1.807) is 0 Å². The van der Waals surface area contributed by atoms with Gasteiger partial charge in [0, 0.05) is 0 Å². The Bertz CT molecular complexity index is 119. The van der Waals surface area contributed by atoms with Gasteiger partial charge in [-0.15, -0.1) is 0 Å². The molecule has 1 saturated heterocycles. The third-order valence-corrected chi connectivity index (χ3v) is 3.00. The molecule has 13 heavy (non-hydrogen) atoms. The first kappa shape index (κ1) is 11.0. The lowest BCUT2D eigenvalue weighted by molar-refractivity contribution is 0.213. The largest absolute Gasteiger partial charge is 0.307 e. The minimum absolute atomic E-state index is 1.18. The molecule has 2 heteroatoms. The quantitative estimate of drug-likeness (QED) is 0.643. The van der Waals surface area contributed by atoms with E-state index in [4.69, 9.17) is 0 Å². The lowest BCUT2D eigenvalue weighted by atomic mass is 10.1. The van der Waals surface area contributed by atoms with Crippen LogP contribution in [0.5, 0.6) is 0 Å². The second-order valence-electron chi connectivity index (χ2n) is 4.15. The molecule has 1 rings (SSSR count). The van der Waals surface area contributed by atoms with Crippen LogP contribution < -0.4 is 0 Å². The summed E-state index contributed by atoms with van der Waals surface area (Å²) in [5, 5.41) is 0. The van der Waals surface area contributed by atoms with Gasteiger partial charge in [0.2, 0.25) is 0 Å². The lowest BCUT2D eigenvalue weighted by Gasteiger charge is -2.27. The molecule has 0 amide bonds. The van der Waals surface area contributed by atoms with Crippen LogP contribution in [0.15, 0.2) is 0 Å². The summed E-state index contributed by atoms with van der Waals surface area (Å²) >= 11 is 0. The molecule has 0 radical (unpaired) electrons. The van der Waals surface area contributed by atoms with Gasteiger partial charge in [-0.25, -0.2) is 0 Å². The van der Waals surface area contributed by atoms with Crippen LogP contribution in [0.4, 0.5) is 0 Å². The third-order valence-electron chi connectivity index (χ3n) is 3.00. The molecule has 0 spiro atoms. The molecular weight excluding hydrogens is 160 g/mol. The van der Waals surface area contributed by atoms with E-state index < -0.39 is 0 Å². The maximum atomic E-state index is 2.62. The van der Waals surface area contributed by atoms with Gasteiger partial charge >= 0.3 is 0 Å². The summed E-state index contributed by atoms with van der Waals surface area (Å²) < 4.78 is 0. The van der Waals surface area contributed by atoms with Gasteiger partial charge in [0.05, 0.1) is 0 Å². The van der Waals surface area contributed by atoms with E-state index in [0.717, 1.165) is 0 Å². The summed E-state index contributed by atoms with van der Waals surface area (Å²) in [6.07, 6.45) is 5.63. The molecule has 0 aromatic heterocycles. The van der Waals surface area contributed by atoms with Crippen molar-refractivity contribution in [3.63, 3.8) is 0 Å². The van der Waals surface area contributed by atoms with Crippen LogP contribution in [0, 0.1) is 0 Å². The van der Waals surface area contributed by atoms with Gasteiger partial charge in [-0.2, -0.15) is 0 Å². The van der Waals surface area contributed by atoms with E-state index in [-0.39, 0.29) is 0 Å². The maximum absolute atomic E-state index is 2.62. The first-order chi connectivity index (χ1) is 6.33. The average Bonchev–Trinajstić information content (AvgIpc) is 2.19. The van der Waals surface area contributed by atoms with Crippen LogP contribution in [-0.4, -0.2) is 49.6 Å². The molecule has 1 heterocycles. The van der Waals surface area contributed by atoms with Crippen molar-refractivity contribution in [2.75, 3.05) is 39.8 Å². The summed E-state index contributed by atoms with van der Waals surface area (Å²) in [6, 6.07) is 0. The fraction of sp³-hybridized carbons (Fsp3) is 1.00. The molecule has 1 fully saturated rings. The maximum Gasteiger partial charge on any atom is -0.000655 e. The second kappa shape index (κ2) is 6.39. The molecule has 0 atom stereocenters. The van der Waals surface area contributed by atoms with Crippen LogP contribution in [0.3, 0.4) is 0 Å². The number of rotatable bonds is 5. The van der Waals surface area contributed by atoms with E-state index in [1.807, 2.05) is 0 Å². The highest BCUT2D eigenvalue weighted by Gasteiger charge is 2.08. The van der Waals surface area contributed by atoms with Crippen molar-refractivity contribution in [1.29, 1.82) is 0 Å². The van der Waals surface area contributed by atoms with Gasteiger partial charge in [0.15, 0.2) is 0 Å². The number of nitrogens with zero attached hydrogens (tertiary/aromatic N) is 2. The zero-order valence-corrected chi connectivity index (χ0v) is 9.26. The molecule has 0 unspecified atom stereocenters. The molecule has 1 aliphatic rings. The van der Waals surface area contributed by atoms with E-state index in [9.17, 15) is 0 Å². The van der Waals surface area contributed by atoms with Crippen LogP contribution in [-0.2, 0) is 0 Å². The molecule has 0 aromatic carbocycles. The lowest BCUT2D eigenvalue weighted by Crippen LogP contribution is -2.32. The van der Waals surface area contributed by atoms with Crippen LogP contribution >= 0.6 is 0 Å². The predicted molar refractivity (Wildman–Crippen MR) is 58.1 cm³/mol. The molecule has 78 valence electrons. The van der Waals surface area contributed by atoms with Crippen LogP contribution in [0.1, 0.15) is 32.6 Å². The van der Waals surface area contributed by atoms with E-state index in [0.29, 0.717) is 0 Å². The SMILES string of the molecule is CCN(C)CCCN1CCCCC1. The van der Waals surface area contributed by atoms with Crippen molar-refractivity contribution >= 4 is 0 Å². The average molecular weight is 184 g/mol. The van der Waals surface area contributed by atoms with Gasteiger partial charge in [-0.1, -0.05) is 13.3 Å². The summed E-state index contributed by atoms with van der Waals surface area (Å²) in [5.41, 5.74) is 0. The molecule has 0 aromatic rings. The molecule has 0 bridgehead atoms. The van der Waals surface area contributed by atoms with Gasteiger partial charge < -0.3 is 9.80 Å². The molecule has 0 saturated carbocycles. The number of piperidine rings is 1. The Labute approximate surface area is 82.9 Å². The minimum atomic E-state index is 1.18. The Morgan fingerprint density at radius 2 is 1.85 bits per heavy atom. The Morgan fingerprint density at radius 3 is 2.46 bits per heavy atom. The van der Waals surface area contributed by atoms with Gasteiger partial charge in [0.1, 0.15) is 0 Å². The van der Waals surface area contributed by atoms with Crippen molar-refractivity contribution in [2.45, 2.75) is 32.6 Å². The molecular formula is C11H24N2. The number of hydrogen-bond acceptors (Lipinski definition) is 2. The first-order valence-corrected chi connectivity index (χ1v) is 5.74.